The number of hydrogen-bond donors (Lipinski definition) is 1. The Bertz CT molecular complexity index is 1300. The number of aromatic nitrogens is 3. The van der Waals surface area contributed by atoms with Crippen molar-refractivity contribution in [3.05, 3.63) is 81.9 Å². The average molecular weight is 495 g/mol. The van der Waals surface area contributed by atoms with Gasteiger partial charge in [-0.2, -0.15) is 0 Å². The van der Waals surface area contributed by atoms with Gasteiger partial charge in [0.1, 0.15) is 17.6 Å². The van der Waals surface area contributed by atoms with Gasteiger partial charge in [0.15, 0.2) is 0 Å². The third kappa shape index (κ3) is 4.81. The van der Waals surface area contributed by atoms with E-state index in [0.29, 0.717) is 36.3 Å². The molecule has 0 fully saturated rings. The molecule has 164 valence electrons. The minimum atomic E-state index is -0.228. The maximum atomic E-state index is 13.3. The van der Waals surface area contributed by atoms with Crippen LogP contribution in [-0.2, 0) is 22.6 Å². The summed E-state index contributed by atoms with van der Waals surface area (Å²) >= 11 is 3.41. The molecule has 2 aromatic carbocycles. The van der Waals surface area contributed by atoms with Gasteiger partial charge in [0.2, 0.25) is 5.91 Å². The first kappa shape index (κ1) is 22.0. The Kier molecular flexibility index (Phi) is 6.82. The van der Waals surface area contributed by atoms with Crippen LogP contribution in [0.25, 0.3) is 22.2 Å². The number of carbonyl (C=O) groups is 1. The normalized spacial score (nSPS) is 11.1. The van der Waals surface area contributed by atoms with Gasteiger partial charge in [0.25, 0.3) is 5.56 Å². The second-order valence-corrected chi connectivity index (χ2v) is 8.30. The maximum absolute atomic E-state index is 13.3. The second kappa shape index (κ2) is 9.93. The molecule has 0 aliphatic heterocycles. The molecule has 0 aliphatic carbocycles. The molecular formula is C24H23BrN4O3. The second-order valence-electron chi connectivity index (χ2n) is 7.38. The first-order valence-corrected chi connectivity index (χ1v) is 11.0. The predicted octanol–water partition coefficient (Wildman–Crippen LogP) is 4.30. The van der Waals surface area contributed by atoms with Crippen LogP contribution in [0.15, 0.2) is 76.4 Å². The lowest BCUT2D eigenvalue weighted by atomic mass is 10.1. The molecule has 0 spiro atoms. The van der Waals surface area contributed by atoms with Crippen molar-refractivity contribution < 1.29 is 9.53 Å². The number of hydrogen-bond acceptors (Lipinski definition) is 4. The molecule has 4 rings (SSSR count). The number of anilines is 1. The molecule has 8 heteroatoms. The molecule has 0 radical (unpaired) electrons. The Morgan fingerprint density at radius 1 is 1.12 bits per heavy atom. The number of aryl methyl sites for hydroxylation is 1. The van der Waals surface area contributed by atoms with Crippen LogP contribution in [0.2, 0.25) is 0 Å². The molecule has 0 atom stereocenters. The van der Waals surface area contributed by atoms with Crippen molar-refractivity contribution in [2.24, 2.45) is 0 Å². The first-order valence-electron chi connectivity index (χ1n) is 10.2. The number of ether oxygens (including phenoxy) is 1. The number of amides is 1. The lowest BCUT2D eigenvalue weighted by molar-refractivity contribution is -0.116. The summed E-state index contributed by atoms with van der Waals surface area (Å²) < 4.78 is 9.22. The molecule has 2 heterocycles. The topological polar surface area (TPSA) is 78.2 Å². The molecule has 32 heavy (non-hydrogen) atoms. The van der Waals surface area contributed by atoms with Crippen molar-refractivity contribution in [3.63, 3.8) is 0 Å². The molecule has 0 bridgehead atoms. The summed E-state index contributed by atoms with van der Waals surface area (Å²) in [5, 5.41) is 2.89. The SMILES string of the molecule is COCCCn1cnc2c(-c3ccccc3)cn(CC(=O)Nc3cccc(Br)c3)c2c1=O. The summed E-state index contributed by atoms with van der Waals surface area (Å²) in [6.45, 7) is 1.04. The fourth-order valence-electron chi connectivity index (χ4n) is 3.63. The molecule has 0 saturated carbocycles. The van der Waals surface area contributed by atoms with Crippen LogP contribution in [0.3, 0.4) is 0 Å². The van der Waals surface area contributed by atoms with Gasteiger partial charge in [0, 0.05) is 42.2 Å². The van der Waals surface area contributed by atoms with Crippen molar-refractivity contribution in [2.45, 2.75) is 19.5 Å². The molecule has 1 amide bonds. The van der Waals surface area contributed by atoms with E-state index in [1.54, 1.807) is 22.6 Å². The summed E-state index contributed by atoms with van der Waals surface area (Å²) in [5.41, 5.74) is 3.25. The van der Waals surface area contributed by atoms with Gasteiger partial charge in [-0.3, -0.25) is 14.2 Å². The van der Waals surface area contributed by atoms with E-state index >= 15 is 0 Å². The molecule has 0 saturated heterocycles. The zero-order valence-electron chi connectivity index (χ0n) is 17.6. The lowest BCUT2D eigenvalue weighted by Gasteiger charge is -2.09. The molecule has 2 aromatic heterocycles. The van der Waals surface area contributed by atoms with E-state index in [0.717, 1.165) is 15.6 Å². The van der Waals surface area contributed by atoms with Crippen LogP contribution in [0.1, 0.15) is 6.42 Å². The summed E-state index contributed by atoms with van der Waals surface area (Å²) in [4.78, 5) is 30.7. The van der Waals surface area contributed by atoms with E-state index in [4.69, 9.17) is 4.74 Å². The van der Waals surface area contributed by atoms with Gasteiger partial charge >= 0.3 is 0 Å². The molecule has 0 unspecified atom stereocenters. The van der Waals surface area contributed by atoms with Crippen LogP contribution >= 0.6 is 15.9 Å². The highest BCUT2D eigenvalue weighted by Gasteiger charge is 2.18. The summed E-state index contributed by atoms with van der Waals surface area (Å²) in [6.07, 6.45) is 4.09. The Balaban J connectivity index is 1.73. The highest BCUT2D eigenvalue weighted by molar-refractivity contribution is 9.10. The third-order valence-corrected chi connectivity index (χ3v) is 5.59. The van der Waals surface area contributed by atoms with Crippen LogP contribution < -0.4 is 10.9 Å². The zero-order valence-corrected chi connectivity index (χ0v) is 19.2. The largest absolute Gasteiger partial charge is 0.385 e. The zero-order chi connectivity index (χ0) is 22.5. The van der Waals surface area contributed by atoms with Crippen LogP contribution in [0.5, 0.6) is 0 Å². The number of fused-ring (bicyclic) bond motifs is 1. The fraction of sp³-hybridized carbons (Fsp3) is 0.208. The number of methoxy groups -OCH3 is 1. The number of nitrogens with zero attached hydrogens (tertiary/aromatic N) is 3. The smallest absolute Gasteiger partial charge is 0.277 e. The van der Waals surface area contributed by atoms with Crippen LogP contribution in [-0.4, -0.2) is 33.7 Å². The fourth-order valence-corrected chi connectivity index (χ4v) is 4.03. The van der Waals surface area contributed by atoms with Gasteiger partial charge in [-0.1, -0.05) is 52.3 Å². The standard InChI is InChI=1S/C24H23BrN4O3/c1-32-12-6-11-28-16-26-22-20(17-7-3-2-4-8-17)14-29(23(22)24(28)31)15-21(30)27-19-10-5-9-18(25)13-19/h2-5,7-10,13-14,16H,6,11-12,15H2,1H3,(H,27,30). The Morgan fingerprint density at radius 3 is 2.69 bits per heavy atom. The van der Waals surface area contributed by atoms with Crippen molar-refractivity contribution in [2.75, 3.05) is 19.0 Å². The highest BCUT2D eigenvalue weighted by atomic mass is 79.9. The van der Waals surface area contributed by atoms with E-state index < -0.39 is 0 Å². The molecule has 7 nitrogen and oxygen atoms in total. The Morgan fingerprint density at radius 2 is 1.94 bits per heavy atom. The summed E-state index contributed by atoms with van der Waals surface area (Å²) in [6, 6.07) is 17.1. The number of halogens is 1. The van der Waals surface area contributed by atoms with E-state index in [9.17, 15) is 9.59 Å². The monoisotopic (exact) mass is 494 g/mol. The van der Waals surface area contributed by atoms with Gasteiger partial charge < -0.3 is 14.6 Å². The number of carbonyl (C=O) groups excluding carboxylic acids is 1. The molecule has 1 N–H and O–H groups in total. The molecule has 4 aromatic rings. The maximum Gasteiger partial charge on any atom is 0.277 e. The van der Waals surface area contributed by atoms with E-state index in [1.165, 1.54) is 0 Å². The van der Waals surface area contributed by atoms with Crippen molar-refractivity contribution in [3.8, 4) is 11.1 Å². The van der Waals surface area contributed by atoms with Gasteiger partial charge in [-0.15, -0.1) is 0 Å². The lowest BCUT2D eigenvalue weighted by Crippen LogP contribution is -2.25. The molecular weight excluding hydrogens is 472 g/mol. The van der Waals surface area contributed by atoms with Gasteiger partial charge in [-0.25, -0.2) is 4.98 Å². The third-order valence-electron chi connectivity index (χ3n) is 5.10. The Labute approximate surface area is 193 Å². The summed E-state index contributed by atoms with van der Waals surface area (Å²) in [7, 11) is 1.63. The van der Waals surface area contributed by atoms with Crippen LogP contribution in [0.4, 0.5) is 5.69 Å². The van der Waals surface area contributed by atoms with E-state index in [2.05, 4.69) is 26.2 Å². The van der Waals surface area contributed by atoms with Crippen molar-refractivity contribution >= 4 is 38.6 Å². The quantitative estimate of drug-likeness (QED) is 0.370. The van der Waals surface area contributed by atoms with Gasteiger partial charge in [-0.05, 0) is 30.2 Å². The highest BCUT2D eigenvalue weighted by Crippen LogP contribution is 2.27. The first-order chi connectivity index (χ1) is 15.6. The minimum absolute atomic E-state index is 0.00511. The average Bonchev–Trinajstić information content (AvgIpc) is 3.15. The van der Waals surface area contributed by atoms with Crippen molar-refractivity contribution in [1.29, 1.82) is 0 Å². The van der Waals surface area contributed by atoms with E-state index in [-0.39, 0.29) is 18.0 Å². The Hall–Kier alpha value is -3.23. The minimum Gasteiger partial charge on any atom is -0.385 e. The number of benzene rings is 2. The van der Waals surface area contributed by atoms with Gasteiger partial charge in [0.05, 0.1) is 6.33 Å². The van der Waals surface area contributed by atoms with Crippen molar-refractivity contribution in [1.82, 2.24) is 14.1 Å². The number of nitrogens with one attached hydrogen (secondary N) is 1. The molecule has 0 aliphatic rings. The van der Waals surface area contributed by atoms with E-state index in [1.807, 2.05) is 60.8 Å². The number of rotatable bonds is 8. The van der Waals surface area contributed by atoms with Crippen LogP contribution in [0, 0.1) is 0 Å². The predicted molar refractivity (Wildman–Crippen MR) is 129 cm³/mol. The summed E-state index contributed by atoms with van der Waals surface area (Å²) in [5.74, 6) is -0.228.